The predicted molar refractivity (Wildman–Crippen MR) is 79.3 cm³/mol. The topological polar surface area (TPSA) is 96.0 Å². The summed E-state index contributed by atoms with van der Waals surface area (Å²) in [6, 6.07) is 5.16. The van der Waals surface area contributed by atoms with E-state index < -0.39 is 0 Å². The fourth-order valence-corrected chi connectivity index (χ4v) is 2.60. The lowest BCUT2D eigenvalue weighted by Crippen LogP contribution is -2.31. The third-order valence-electron chi connectivity index (χ3n) is 3.18. The average molecular weight is 303 g/mol. The fourth-order valence-electron chi connectivity index (χ4n) is 2.16. The van der Waals surface area contributed by atoms with Crippen molar-refractivity contribution in [3.8, 4) is 0 Å². The normalized spacial score (nSPS) is 14.2. The lowest BCUT2D eigenvalue weighted by Gasteiger charge is -2.15. The van der Waals surface area contributed by atoms with E-state index >= 15 is 0 Å². The van der Waals surface area contributed by atoms with Gasteiger partial charge in [-0.3, -0.25) is 10.1 Å². The van der Waals surface area contributed by atoms with Crippen molar-refractivity contribution in [3.05, 3.63) is 34.8 Å². The minimum atomic E-state index is -0.339. The van der Waals surface area contributed by atoms with Crippen LogP contribution in [0.3, 0.4) is 0 Å². The van der Waals surface area contributed by atoms with Crippen molar-refractivity contribution < 1.29 is 9.59 Å². The lowest BCUT2D eigenvalue weighted by atomic mass is 10.0. The highest BCUT2D eigenvalue weighted by atomic mass is 32.1. The molecule has 1 aliphatic heterocycles. The zero-order valence-electron chi connectivity index (χ0n) is 11.2. The fraction of sp³-hybridized carbons (Fsp3) is 0.231. The molecule has 0 spiro atoms. The van der Waals surface area contributed by atoms with Gasteiger partial charge >= 0.3 is 6.03 Å². The third-order valence-corrected chi connectivity index (χ3v) is 3.79. The largest absolute Gasteiger partial charge is 0.331 e. The zero-order valence-corrected chi connectivity index (χ0v) is 12.0. The van der Waals surface area contributed by atoms with Crippen molar-refractivity contribution in [2.45, 2.75) is 19.4 Å². The smallest absolute Gasteiger partial charge is 0.321 e. The van der Waals surface area contributed by atoms with Gasteiger partial charge in [0.15, 0.2) is 0 Å². The molecule has 3 amide bonds. The molecule has 21 heavy (non-hydrogen) atoms. The second-order valence-electron chi connectivity index (χ2n) is 4.71. The first-order valence-electron chi connectivity index (χ1n) is 6.38. The number of urea groups is 1. The molecule has 0 fully saturated rings. The minimum absolute atomic E-state index is 0.00299. The average Bonchev–Trinajstić information content (AvgIpc) is 3.05. The van der Waals surface area contributed by atoms with Crippen LogP contribution >= 0.6 is 11.3 Å². The Balaban J connectivity index is 1.65. The van der Waals surface area contributed by atoms with Crippen molar-refractivity contribution >= 4 is 34.1 Å². The van der Waals surface area contributed by atoms with Gasteiger partial charge in [-0.1, -0.05) is 23.5 Å². The van der Waals surface area contributed by atoms with Crippen LogP contribution < -0.4 is 16.0 Å². The van der Waals surface area contributed by atoms with Crippen LogP contribution in [0.25, 0.3) is 0 Å². The quantitative estimate of drug-likeness (QED) is 0.807. The molecule has 0 bridgehead atoms. The number of nitrogens with zero attached hydrogens (tertiary/aromatic N) is 2. The summed E-state index contributed by atoms with van der Waals surface area (Å²) in [7, 11) is 0. The number of aromatic nitrogens is 2. The van der Waals surface area contributed by atoms with Gasteiger partial charge < -0.3 is 10.6 Å². The summed E-state index contributed by atoms with van der Waals surface area (Å²) in [5.41, 5.74) is 4.28. The van der Waals surface area contributed by atoms with E-state index in [1.54, 1.807) is 5.51 Å². The van der Waals surface area contributed by atoms with E-state index in [0.29, 0.717) is 11.6 Å². The molecular weight excluding hydrogens is 290 g/mol. The van der Waals surface area contributed by atoms with Gasteiger partial charge in [0.05, 0.1) is 12.5 Å². The maximum atomic E-state index is 11.8. The standard InChI is InChI=1S/C13H13N5O2S/c1-7(15-12(20)17-13-18-14-6-21-13)8-2-3-10-9(4-8)5-11(19)16-10/h2-4,6-7H,5H2,1H3,(H,16,19)(H2,15,17,18,20)/t7-/m1/s1. The van der Waals surface area contributed by atoms with E-state index in [-0.39, 0.29) is 18.0 Å². The van der Waals surface area contributed by atoms with Crippen LogP contribution in [0.5, 0.6) is 0 Å². The van der Waals surface area contributed by atoms with Gasteiger partial charge in [0.1, 0.15) is 5.51 Å². The van der Waals surface area contributed by atoms with Gasteiger partial charge in [0, 0.05) is 5.69 Å². The maximum Gasteiger partial charge on any atom is 0.321 e. The van der Waals surface area contributed by atoms with Crippen LogP contribution in [0.2, 0.25) is 0 Å². The molecule has 3 rings (SSSR count). The Hall–Kier alpha value is -2.48. The highest BCUT2D eigenvalue weighted by Crippen LogP contribution is 2.26. The summed E-state index contributed by atoms with van der Waals surface area (Å²) in [6.45, 7) is 1.88. The van der Waals surface area contributed by atoms with Gasteiger partial charge in [-0.15, -0.1) is 10.2 Å². The number of benzene rings is 1. The first kappa shape index (κ1) is 13.5. The number of anilines is 2. The molecule has 0 saturated heterocycles. The highest BCUT2D eigenvalue weighted by Gasteiger charge is 2.19. The number of hydrogen-bond acceptors (Lipinski definition) is 5. The van der Waals surface area contributed by atoms with E-state index in [0.717, 1.165) is 16.8 Å². The zero-order chi connectivity index (χ0) is 14.8. The van der Waals surface area contributed by atoms with Crippen molar-refractivity contribution in [2.24, 2.45) is 0 Å². The molecule has 7 nitrogen and oxygen atoms in total. The van der Waals surface area contributed by atoms with Crippen LogP contribution in [0.1, 0.15) is 24.1 Å². The highest BCUT2D eigenvalue weighted by molar-refractivity contribution is 7.13. The Kier molecular flexibility index (Phi) is 3.53. The van der Waals surface area contributed by atoms with E-state index in [1.807, 2.05) is 25.1 Å². The third kappa shape index (κ3) is 3.00. The predicted octanol–water partition coefficient (Wildman–Crippen LogP) is 1.92. The van der Waals surface area contributed by atoms with Crippen LogP contribution in [-0.2, 0) is 11.2 Å². The molecule has 108 valence electrons. The monoisotopic (exact) mass is 303 g/mol. The van der Waals surface area contributed by atoms with Crippen LogP contribution in [0.4, 0.5) is 15.6 Å². The molecule has 1 aromatic heterocycles. The number of hydrogen-bond donors (Lipinski definition) is 3. The number of rotatable bonds is 3. The Morgan fingerprint density at radius 2 is 2.33 bits per heavy atom. The second kappa shape index (κ2) is 5.49. The summed E-state index contributed by atoms with van der Waals surface area (Å²) >= 11 is 1.25. The van der Waals surface area contributed by atoms with Gasteiger partial charge in [0.25, 0.3) is 0 Å². The number of nitrogens with one attached hydrogen (secondary N) is 3. The molecule has 0 unspecified atom stereocenters. The Labute approximate surface area is 124 Å². The molecule has 3 N–H and O–H groups in total. The number of carbonyl (C=O) groups is 2. The van der Waals surface area contributed by atoms with Crippen LogP contribution in [0, 0.1) is 0 Å². The Bertz CT molecular complexity index is 686. The molecule has 1 aromatic carbocycles. The summed E-state index contributed by atoms with van der Waals surface area (Å²) in [5.74, 6) is -0.00299. The number of carbonyl (C=O) groups excluding carboxylic acids is 2. The van der Waals surface area contributed by atoms with Gasteiger partial charge in [-0.25, -0.2) is 4.79 Å². The summed E-state index contributed by atoms with van der Waals surface area (Å²) in [6.07, 6.45) is 0.382. The molecular formula is C13H13N5O2S. The molecule has 1 aliphatic rings. The van der Waals surface area contributed by atoms with Gasteiger partial charge in [0.2, 0.25) is 11.0 Å². The summed E-state index contributed by atoms with van der Waals surface area (Å²) < 4.78 is 0. The van der Waals surface area contributed by atoms with E-state index in [2.05, 4.69) is 26.1 Å². The van der Waals surface area contributed by atoms with Crippen molar-refractivity contribution in [1.82, 2.24) is 15.5 Å². The molecule has 2 heterocycles. The molecule has 0 saturated carbocycles. The van der Waals surface area contributed by atoms with E-state index in [4.69, 9.17) is 0 Å². The SMILES string of the molecule is C[C@@H](NC(=O)Nc1nncs1)c1ccc2c(c1)CC(=O)N2. The first-order chi connectivity index (χ1) is 10.1. The van der Waals surface area contributed by atoms with Crippen molar-refractivity contribution in [2.75, 3.05) is 10.6 Å². The lowest BCUT2D eigenvalue weighted by molar-refractivity contribution is -0.115. The summed E-state index contributed by atoms with van der Waals surface area (Å²) in [5, 5.41) is 16.0. The Morgan fingerprint density at radius 1 is 1.48 bits per heavy atom. The maximum absolute atomic E-state index is 11.8. The first-order valence-corrected chi connectivity index (χ1v) is 7.26. The second-order valence-corrected chi connectivity index (χ2v) is 5.54. The van der Waals surface area contributed by atoms with Gasteiger partial charge in [-0.2, -0.15) is 0 Å². The van der Waals surface area contributed by atoms with Crippen molar-refractivity contribution in [3.63, 3.8) is 0 Å². The molecule has 8 heteroatoms. The molecule has 0 radical (unpaired) electrons. The molecule has 1 atom stereocenters. The minimum Gasteiger partial charge on any atom is -0.331 e. The molecule has 0 aliphatic carbocycles. The Morgan fingerprint density at radius 3 is 3.10 bits per heavy atom. The van der Waals surface area contributed by atoms with Crippen LogP contribution in [-0.4, -0.2) is 22.1 Å². The van der Waals surface area contributed by atoms with Crippen LogP contribution in [0.15, 0.2) is 23.7 Å². The van der Waals surface area contributed by atoms with Crippen molar-refractivity contribution in [1.29, 1.82) is 0 Å². The van der Waals surface area contributed by atoms with E-state index in [9.17, 15) is 9.59 Å². The van der Waals surface area contributed by atoms with E-state index in [1.165, 1.54) is 11.3 Å². The summed E-state index contributed by atoms with van der Waals surface area (Å²) in [4.78, 5) is 23.2. The number of amides is 3. The number of fused-ring (bicyclic) bond motifs is 1. The van der Waals surface area contributed by atoms with Gasteiger partial charge in [-0.05, 0) is 24.1 Å². The molecule has 2 aromatic rings.